The van der Waals surface area contributed by atoms with E-state index in [1.165, 1.54) is 6.08 Å². The Balaban J connectivity index is 1.94. The smallest absolute Gasteiger partial charge is 0.331 e. The molecule has 6 nitrogen and oxygen atoms in total. The molecule has 0 aromatic heterocycles. The number of carbonyl (C=O) groups is 2. The molecule has 0 bridgehead atoms. The van der Waals surface area contributed by atoms with Gasteiger partial charge in [-0.3, -0.25) is 4.79 Å². The molecule has 0 saturated carbocycles. The number of hydrogen-bond acceptors (Lipinski definition) is 5. The fourth-order valence-corrected chi connectivity index (χ4v) is 3.12. The van der Waals surface area contributed by atoms with E-state index in [4.69, 9.17) is 14.2 Å². The Morgan fingerprint density at radius 1 is 1.04 bits per heavy atom. The quantitative estimate of drug-likeness (QED) is 0.524. The Bertz CT molecular complexity index is 690. The average Bonchev–Trinajstić information content (AvgIpc) is 2.95. The molecule has 0 spiro atoms. The van der Waals surface area contributed by atoms with E-state index < -0.39 is 12.1 Å². The third-order valence-electron chi connectivity index (χ3n) is 4.52. The van der Waals surface area contributed by atoms with Crippen LogP contribution < -0.4 is 9.47 Å². The van der Waals surface area contributed by atoms with Gasteiger partial charge < -0.3 is 19.1 Å². The lowest BCUT2D eigenvalue weighted by molar-refractivity contribution is -0.155. The van der Waals surface area contributed by atoms with Crippen LogP contribution in [0.3, 0.4) is 0 Å². The van der Waals surface area contributed by atoms with Gasteiger partial charge in [-0.2, -0.15) is 0 Å². The Morgan fingerprint density at radius 2 is 1.71 bits per heavy atom. The number of likely N-dealkylation sites (tertiary alicyclic amines) is 1. The molecule has 0 radical (unpaired) electrons. The average molecular weight is 389 g/mol. The van der Waals surface area contributed by atoms with Gasteiger partial charge in [-0.1, -0.05) is 18.9 Å². The van der Waals surface area contributed by atoms with Crippen molar-refractivity contribution in [3.8, 4) is 11.5 Å². The van der Waals surface area contributed by atoms with Crippen LogP contribution in [0.15, 0.2) is 24.3 Å². The van der Waals surface area contributed by atoms with E-state index in [0.29, 0.717) is 11.5 Å². The fraction of sp³-hybridized carbons (Fsp3) is 0.545. The largest absolute Gasteiger partial charge is 0.493 e. The fourth-order valence-electron chi connectivity index (χ4n) is 3.12. The number of benzene rings is 1. The van der Waals surface area contributed by atoms with Crippen LogP contribution in [0.1, 0.15) is 52.0 Å². The molecule has 2 rings (SSSR count). The Kier molecular flexibility index (Phi) is 8.36. The molecule has 1 amide bonds. The lowest BCUT2D eigenvalue weighted by Crippen LogP contribution is -2.40. The van der Waals surface area contributed by atoms with E-state index in [-0.39, 0.29) is 12.0 Å². The van der Waals surface area contributed by atoms with Crippen LogP contribution in [0.5, 0.6) is 11.5 Å². The van der Waals surface area contributed by atoms with Crippen molar-refractivity contribution in [1.29, 1.82) is 0 Å². The second-order valence-electron chi connectivity index (χ2n) is 7.23. The molecule has 1 saturated heterocycles. The predicted molar refractivity (Wildman–Crippen MR) is 108 cm³/mol. The van der Waals surface area contributed by atoms with Crippen LogP contribution >= 0.6 is 0 Å². The Hall–Kier alpha value is -2.50. The van der Waals surface area contributed by atoms with Gasteiger partial charge in [-0.25, -0.2) is 4.79 Å². The highest BCUT2D eigenvalue weighted by Gasteiger charge is 2.23. The summed E-state index contributed by atoms with van der Waals surface area (Å²) in [6.45, 7) is 6.98. The van der Waals surface area contributed by atoms with Gasteiger partial charge in [0.15, 0.2) is 17.6 Å². The van der Waals surface area contributed by atoms with Crippen molar-refractivity contribution in [2.45, 2.75) is 58.7 Å². The van der Waals surface area contributed by atoms with Gasteiger partial charge in [0.2, 0.25) is 0 Å². The molecule has 6 heteroatoms. The monoisotopic (exact) mass is 389 g/mol. The van der Waals surface area contributed by atoms with Gasteiger partial charge in [0.05, 0.1) is 13.2 Å². The molecule has 1 heterocycles. The summed E-state index contributed by atoms with van der Waals surface area (Å²) in [7, 11) is 1.57. The van der Waals surface area contributed by atoms with Gasteiger partial charge in [0.1, 0.15) is 0 Å². The van der Waals surface area contributed by atoms with Gasteiger partial charge in [0.25, 0.3) is 5.91 Å². The van der Waals surface area contributed by atoms with Crippen molar-refractivity contribution in [1.82, 2.24) is 4.90 Å². The van der Waals surface area contributed by atoms with Crippen molar-refractivity contribution in [2.75, 3.05) is 20.2 Å². The maximum absolute atomic E-state index is 12.5. The first-order chi connectivity index (χ1) is 13.4. The number of rotatable bonds is 7. The third-order valence-corrected chi connectivity index (χ3v) is 4.52. The molecular formula is C22H31NO5. The second kappa shape index (κ2) is 10.7. The highest BCUT2D eigenvalue weighted by Crippen LogP contribution is 2.29. The zero-order chi connectivity index (χ0) is 20.5. The number of ether oxygens (including phenoxy) is 3. The lowest BCUT2D eigenvalue weighted by Gasteiger charge is -2.23. The minimum Gasteiger partial charge on any atom is -0.493 e. The standard InChI is InChI=1S/C22H31NO5/c1-16(2)27-19-11-9-18(15-20(19)26-4)10-12-21(24)28-17(3)22(25)23-13-7-5-6-8-14-23/h9-12,15-17H,5-8,13-14H2,1-4H3/b12-10+/t17-/m0/s1. The topological polar surface area (TPSA) is 65.1 Å². The van der Waals surface area contributed by atoms with Crippen LogP contribution in [0.25, 0.3) is 6.08 Å². The number of amides is 1. The van der Waals surface area contributed by atoms with Gasteiger partial charge in [-0.05, 0) is 57.4 Å². The second-order valence-corrected chi connectivity index (χ2v) is 7.23. The highest BCUT2D eigenvalue weighted by molar-refractivity contribution is 5.90. The molecule has 1 aromatic carbocycles. The molecule has 0 N–H and O–H groups in total. The van der Waals surface area contributed by atoms with Gasteiger partial charge >= 0.3 is 5.97 Å². The first kappa shape index (κ1) is 21.8. The molecule has 1 aromatic rings. The maximum atomic E-state index is 12.5. The number of methoxy groups -OCH3 is 1. The minimum atomic E-state index is -0.786. The van der Waals surface area contributed by atoms with Crippen LogP contribution in [0.2, 0.25) is 0 Å². The van der Waals surface area contributed by atoms with Crippen molar-refractivity contribution in [3.63, 3.8) is 0 Å². The number of esters is 1. The summed E-state index contributed by atoms with van der Waals surface area (Å²) in [6, 6.07) is 5.42. The predicted octanol–water partition coefficient (Wildman–Crippen LogP) is 3.83. The first-order valence-corrected chi connectivity index (χ1v) is 9.93. The molecule has 1 aliphatic rings. The first-order valence-electron chi connectivity index (χ1n) is 9.93. The van der Waals surface area contributed by atoms with E-state index in [1.807, 2.05) is 19.9 Å². The van der Waals surface area contributed by atoms with Crippen molar-refractivity contribution < 1.29 is 23.8 Å². The van der Waals surface area contributed by atoms with E-state index >= 15 is 0 Å². The molecule has 1 aliphatic heterocycles. The van der Waals surface area contributed by atoms with E-state index in [1.54, 1.807) is 37.1 Å². The van der Waals surface area contributed by atoms with Crippen LogP contribution in [0, 0.1) is 0 Å². The number of carbonyl (C=O) groups excluding carboxylic acids is 2. The summed E-state index contributed by atoms with van der Waals surface area (Å²) in [5, 5.41) is 0. The summed E-state index contributed by atoms with van der Waals surface area (Å²) in [4.78, 5) is 26.4. The summed E-state index contributed by atoms with van der Waals surface area (Å²) >= 11 is 0. The number of hydrogen-bond donors (Lipinski definition) is 0. The maximum Gasteiger partial charge on any atom is 0.331 e. The zero-order valence-corrected chi connectivity index (χ0v) is 17.3. The minimum absolute atomic E-state index is 0.0356. The lowest BCUT2D eigenvalue weighted by atomic mass is 10.2. The van der Waals surface area contributed by atoms with Crippen LogP contribution in [-0.4, -0.2) is 49.2 Å². The van der Waals surface area contributed by atoms with E-state index in [9.17, 15) is 9.59 Å². The Labute approximate surface area is 167 Å². The van der Waals surface area contributed by atoms with Crippen LogP contribution in [-0.2, 0) is 14.3 Å². The summed E-state index contributed by atoms with van der Waals surface area (Å²) in [5.41, 5.74) is 0.774. The molecule has 1 fully saturated rings. The Morgan fingerprint density at radius 3 is 2.32 bits per heavy atom. The summed E-state index contributed by atoms with van der Waals surface area (Å²) in [6.07, 6.45) is 6.50. The third kappa shape index (κ3) is 6.59. The molecule has 28 heavy (non-hydrogen) atoms. The normalized spacial score (nSPS) is 16.0. The molecule has 1 atom stereocenters. The van der Waals surface area contributed by atoms with E-state index in [2.05, 4.69) is 0 Å². The van der Waals surface area contributed by atoms with Crippen molar-refractivity contribution in [3.05, 3.63) is 29.8 Å². The van der Waals surface area contributed by atoms with Crippen LogP contribution in [0.4, 0.5) is 0 Å². The summed E-state index contributed by atoms with van der Waals surface area (Å²) in [5.74, 6) is 0.570. The molecular weight excluding hydrogens is 358 g/mol. The molecule has 0 aliphatic carbocycles. The van der Waals surface area contributed by atoms with Crippen molar-refractivity contribution in [2.24, 2.45) is 0 Å². The molecule has 154 valence electrons. The SMILES string of the molecule is COc1cc(/C=C/C(=O)O[C@@H](C)C(=O)N2CCCCCC2)ccc1OC(C)C. The highest BCUT2D eigenvalue weighted by atomic mass is 16.5. The zero-order valence-electron chi connectivity index (χ0n) is 17.3. The van der Waals surface area contributed by atoms with Gasteiger partial charge in [0, 0.05) is 19.2 Å². The molecule has 0 unspecified atom stereocenters. The summed E-state index contributed by atoms with van der Waals surface area (Å²) < 4.78 is 16.3. The number of nitrogens with zero attached hydrogens (tertiary/aromatic N) is 1. The van der Waals surface area contributed by atoms with E-state index in [0.717, 1.165) is 44.3 Å². The van der Waals surface area contributed by atoms with Crippen molar-refractivity contribution >= 4 is 18.0 Å². The van der Waals surface area contributed by atoms with Gasteiger partial charge in [-0.15, -0.1) is 0 Å².